The molecule has 6 rings (SSSR count). The minimum absolute atomic E-state index is 0.206. The third kappa shape index (κ3) is 7.96. The molecule has 4 N–H and O–H groups in total. The fourth-order valence-electron chi connectivity index (χ4n) is 8.63. The van der Waals surface area contributed by atoms with Crippen LogP contribution >= 0.6 is 19.2 Å². The number of carbonyl (C=O) groups is 1. The van der Waals surface area contributed by atoms with E-state index < -0.39 is 19.1 Å². The lowest BCUT2D eigenvalue weighted by Crippen LogP contribution is -2.53. The maximum absolute atomic E-state index is 12.9. The highest BCUT2D eigenvalue weighted by Gasteiger charge is 2.54. The van der Waals surface area contributed by atoms with Gasteiger partial charge in [-0.25, -0.2) is 4.79 Å². The first-order chi connectivity index (χ1) is 23.4. The van der Waals surface area contributed by atoms with Crippen molar-refractivity contribution in [2.24, 2.45) is 11.8 Å². The number of carboxylic acid groups (broad SMARTS) is 1. The van der Waals surface area contributed by atoms with Crippen molar-refractivity contribution in [3.05, 3.63) is 82.1 Å². The highest BCUT2D eigenvalue weighted by Crippen LogP contribution is 2.57. The summed E-state index contributed by atoms with van der Waals surface area (Å²) in [7, 11) is -4.09. The summed E-state index contributed by atoms with van der Waals surface area (Å²) in [6.07, 6.45) is 9.28. The van der Waals surface area contributed by atoms with Gasteiger partial charge in [0.1, 0.15) is 17.0 Å². The summed E-state index contributed by atoms with van der Waals surface area (Å²) in [6.45, 7) is 5.30. The van der Waals surface area contributed by atoms with Crippen molar-refractivity contribution < 1.29 is 33.7 Å². The Hall–Kier alpha value is -3.10. The van der Waals surface area contributed by atoms with Gasteiger partial charge >= 0.3 is 13.6 Å². The van der Waals surface area contributed by atoms with E-state index in [-0.39, 0.29) is 36.4 Å². The number of pyridine rings is 1. The van der Waals surface area contributed by atoms with Crippen LogP contribution in [0.1, 0.15) is 93.5 Å². The molecule has 9 nitrogen and oxygen atoms in total. The largest absolute Gasteiger partial charge is 0.494 e. The number of halogens is 1. The molecule has 0 aliphatic heterocycles. The first-order valence-electron chi connectivity index (χ1n) is 17.6. The van der Waals surface area contributed by atoms with Crippen LogP contribution in [0.2, 0.25) is 5.02 Å². The number of aromatic nitrogens is 1. The first kappa shape index (κ1) is 35.7. The molecule has 3 atom stereocenters. The third-order valence-electron chi connectivity index (χ3n) is 11.1. The van der Waals surface area contributed by atoms with Crippen LogP contribution in [0.4, 0.5) is 5.69 Å². The Balaban J connectivity index is 1.22. The van der Waals surface area contributed by atoms with Crippen molar-refractivity contribution in [2.75, 3.05) is 24.7 Å². The zero-order valence-corrected chi connectivity index (χ0v) is 30.0. The van der Waals surface area contributed by atoms with Crippen molar-refractivity contribution in [2.45, 2.75) is 94.9 Å². The van der Waals surface area contributed by atoms with E-state index in [4.69, 9.17) is 21.1 Å². The quantitative estimate of drug-likeness (QED) is 0.102. The number of aliphatic carboxylic acids is 1. The molecule has 1 fully saturated rings. The number of hydrogen-bond acceptors (Lipinski definition) is 6. The number of benzene rings is 2. The third-order valence-corrected chi connectivity index (χ3v) is 12.3. The van der Waals surface area contributed by atoms with Gasteiger partial charge in [0.25, 0.3) is 0 Å². The lowest BCUT2D eigenvalue weighted by molar-refractivity contribution is -0.144. The lowest BCUT2D eigenvalue weighted by atomic mass is 9.59. The van der Waals surface area contributed by atoms with Gasteiger partial charge in [0.2, 0.25) is 0 Å². The standard InChI is InChI=1S/C38H48ClN2O7P/c1-25(24-48-34-12-17-40-33-9-3-6-26(2)35(33)34)20-28-21-27-10-11-31(47-18-5-19-49(44,45)46)23-32(27)37(28)13-15-38(16-14-37,36(42)43)41-30-8-4-7-29(39)22-30/h4,7-8,10-12,17,22-23,25-26,28,41H,3,5-6,9,13-16,18-21,24H2,1-2H3,(H,42,43)(H2,44,45,46)/t25-,26-,28?,37?,38?/m1/s1. The van der Waals surface area contributed by atoms with E-state index in [0.717, 1.165) is 43.5 Å². The van der Waals surface area contributed by atoms with Gasteiger partial charge in [-0.15, -0.1) is 0 Å². The Labute approximate surface area is 293 Å². The average molecular weight is 711 g/mol. The molecule has 1 spiro atoms. The molecule has 1 saturated carbocycles. The number of carboxylic acids is 1. The number of rotatable bonds is 13. The van der Waals surface area contributed by atoms with Gasteiger partial charge < -0.3 is 29.7 Å². The maximum atomic E-state index is 12.9. The fourth-order valence-corrected chi connectivity index (χ4v) is 9.36. The summed E-state index contributed by atoms with van der Waals surface area (Å²) in [5.41, 5.74) is 4.20. The van der Waals surface area contributed by atoms with Crippen LogP contribution in [0.25, 0.3) is 0 Å². The highest BCUT2D eigenvalue weighted by atomic mass is 35.5. The van der Waals surface area contributed by atoms with Crippen molar-refractivity contribution in [1.29, 1.82) is 0 Å². The monoisotopic (exact) mass is 710 g/mol. The molecule has 3 aromatic rings. The summed E-state index contributed by atoms with van der Waals surface area (Å²) in [4.78, 5) is 36.0. The van der Waals surface area contributed by atoms with Gasteiger partial charge in [-0.1, -0.05) is 37.6 Å². The Morgan fingerprint density at radius 2 is 1.92 bits per heavy atom. The maximum Gasteiger partial charge on any atom is 0.329 e. The fraction of sp³-hybridized carbons (Fsp3) is 0.526. The van der Waals surface area contributed by atoms with E-state index >= 15 is 0 Å². The van der Waals surface area contributed by atoms with Crippen LogP contribution < -0.4 is 14.8 Å². The van der Waals surface area contributed by atoms with Crippen molar-refractivity contribution in [1.82, 2.24) is 4.98 Å². The van der Waals surface area contributed by atoms with E-state index in [0.29, 0.717) is 54.7 Å². The molecule has 2 aromatic carbocycles. The van der Waals surface area contributed by atoms with Crippen LogP contribution in [-0.2, 0) is 27.6 Å². The molecule has 1 unspecified atom stereocenters. The smallest absolute Gasteiger partial charge is 0.329 e. The first-order valence-corrected chi connectivity index (χ1v) is 19.7. The summed E-state index contributed by atoms with van der Waals surface area (Å²) >= 11 is 6.25. The Morgan fingerprint density at radius 3 is 2.65 bits per heavy atom. The zero-order chi connectivity index (χ0) is 34.8. The van der Waals surface area contributed by atoms with Crippen LogP contribution in [0.3, 0.4) is 0 Å². The molecule has 49 heavy (non-hydrogen) atoms. The predicted octanol–water partition coefficient (Wildman–Crippen LogP) is 8.15. The lowest BCUT2D eigenvalue weighted by Gasteiger charge is -2.47. The van der Waals surface area contributed by atoms with E-state index in [1.807, 2.05) is 30.5 Å². The summed E-state index contributed by atoms with van der Waals surface area (Å²) < 4.78 is 23.9. The van der Waals surface area contributed by atoms with Gasteiger partial charge in [-0.2, -0.15) is 0 Å². The second-order valence-corrected chi connectivity index (χ2v) is 16.8. The van der Waals surface area contributed by atoms with Gasteiger partial charge in [-0.05, 0) is 135 Å². The summed E-state index contributed by atoms with van der Waals surface area (Å²) in [6, 6.07) is 15.4. The number of fused-ring (bicyclic) bond motifs is 3. The van der Waals surface area contributed by atoms with Gasteiger partial charge in [0, 0.05) is 28.2 Å². The van der Waals surface area contributed by atoms with Crippen molar-refractivity contribution in [3.8, 4) is 11.5 Å². The normalized spacial score (nSPS) is 25.3. The number of ether oxygens (including phenoxy) is 2. The predicted molar refractivity (Wildman–Crippen MR) is 191 cm³/mol. The topological polar surface area (TPSA) is 138 Å². The number of nitrogens with zero attached hydrogens (tertiary/aromatic N) is 1. The van der Waals surface area contributed by atoms with Crippen molar-refractivity contribution in [3.63, 3.8) is 0 Å². The van der Waals surface area contributed by atoms with Gasteiger partial charge in [-0.3, -0.25) is 9.55 Å². The Morgan fingerprint density at radius 1 is 1.12 bits per heavy atom. The van der Waals surface area contributed by atoms with Crippen LogP contribution in [0.15, 0.2) is 54.7 Å². The molecule has 1 aromatic heterocycles. The van der Waals surface area contributed by atoms with E-state index in [2.05, 4.69) is 36.3 Å². The number of nitrogens with one attached hydrogen (secondary N) is 1. The number of hydrogen-bond donors (Lipinski definition) is 4. The average Bonchev–Trinajstić information content (AvgIpc) is 3.34. The van der Waals surface area contributed by atoms with E-state index in [1.54, 1.807) is 12.1 Å². The molecular weight excluding hydrogens is 663 g/mol. The van der Waals surface area contributed by atoms with Crippen LogP contribution in [0.5, 0.6) is 11.5 Å². The second-order valence-electron chi connectivity index (χ2n) is 14.6. The van der Waals surface area contributed by atoms with Crippen molar-refractivity contribution >= 4 is 30.9 Å². The molecule has 3 aliphatic rings. The van der Waals surface area contributed by atoms with Crippen LogP contribution in [-0.4, -0.2) is 50.8 Å². The molecule has 0 amide bonds. The Bertz CT molecular complexity index is 1700. The summed E-state index contributed by atoms with van der Waals surface area (Å²) in [5, 5.41) is 14.5. The summed E-state index contributed by atoms with van der Waals surface area (Å²) in [5.74, 6) is 1.73. The number of anilines is 1. The minimum atomic E-state index is -4.09. The molecular formula is C38H48ClN2O7P. The second kappa shape index (κ2) is 14.6. The van der Waals surface area contributed by atoms with Gasteiger partial charge in [0.05, 0.1) is 19.4 Å². The molecule has 264 valence electrons. The highest BCUT2D eigenvalue weighted by molar-refractivity contribution is 7.51. The molecule has 1 heterocycles. The molecule has 0 radical (unpaired) electrons. The number of aryl methyl sites for hydroxylation is 1. The zero-order valence-electron chi connectivity index (χ0n) is 28.4. The molecule has 3 aliphatic carbocycles. The minimum Gasteiger partial charge on any atom is -0.494 e. The Kier molecular flexibility index (Phi) is 10.7. The molecule has 0 bridgehead atoms. The molecule has 11 heteroatoms. The van der Waals surface area contributed by atoms with E-state index in [9.17, 15) is 24.3 Å². The van der Waals surface area contributed by atoms with Crippen LogP contribution in [0, 0.1) is 11.8 Å². The van der Waals surface area contributed by atoms with E-state index in [1.165, 1.54) is 16.7 Å². The molecule has 0 saturated heterocycles. The van der Waals surface area contributed by atoms with Gasteiger partial charge in [0.15, 0.2) is 0 Å². The SMILES string of the molecule is C[C@@H](COc1ccnc2c1[C@H](C)CCC2)CC1Cc2ccc(OCCCP(=O)(O)O)cc2C12CCC(Nc1cccc(Cl)c1)(C(=O)O)CC2.